The van der Waals surface area contributed by atoms with Crippen LogP contribution in [0.4, 0.5) is 0 Å². The van der Waals surface area contributed by atoms with Gasteiger partial charge in [-0.3, -0.25) is 4.79 Å². The zero-order valence-electron chi connectivity index (χ0n) is 11.3. The molecule has 0 radical (unpaired) electrons. The second-order valence-corrected chi connectivity index (χ2v) is 5.10. The summed E-state index contributed by atoms with van der Waals surface area (Å²) in [5, 5.41) is 9.36. The highest BCUT2D eigenvalue weighted by Crippen LogP contribution is 2.25. The molecule has 20 heavy (non-hydrogen) atoms. The first-order chi connectivity index (χ1) is 9.61. The van der Waals surface area contributed by atoms with Gasteiger partial charge in [0.05, 0.1) is 5.02 Å². The summed E-state index contributed by atoms with van der Waals surface area (Å²) in [7, 11) is 2.03. The smallest absolute Gasteiger partial charge is 0.260 e. The van der Waals surface area contributed by atoms with Gasteiger partial charge in [-0.05, 0) is 19.2 Å². The maximum Gasteiger partial charge on any atom is 0.260 e. The van der Waals surface area contributed by atoms with Gasteiger partial charge in [0.1, 0.15) is 17.4 Å². The Morgan fingerprint density at radius 1 is 1.40 bits per heavy atom. The van der Waals surface area contributed by atoms with Crippen LogP contribution in [0.3, 0.4) is 0 Å². The van der Waals surface area contributed by atoms with E-state index in [4.69, 9.17) is 21.6 Å². The van der Waals surface area contributed by atoms with Gasteiger partial charge in [0.2, 0.25) is 0 Å². The number of halogens is 1. The summed E-state index contributed by atoms with van der Waals surface area (Å²) < 4.78 is 5.44. The fourth-order valence-electron chi connectivity index (χ4n) is 2.02. The molecule has 0 atom stereocenters. The second kappa shape index (κ2) is 6.60. The summed E-state index contributed by atoms with van der Waals surface area (Å²) in [6, 6.07) is 6.94. The normalized spacial score (nSPS) is 15.8. The number of amides is 1. The van der Waals surface area contributed by atoms with Gasteiger partial charge >= 0.3 is 0 Å². The Labute approximate surface area is 123 Å². The lowest BCUT2D eigenvalue weighted by molar-refractivity contribution is -0.134. The first-order valence-corrected chi connectivity index (χ1v) is 6.77. The predicted molar refractivity (Wildman–Crippen MR) is 75.7 cm³/mol. The number of nitriles is 1. The van der Waals surface area contributed by atoms with E-state index < -0.39 is 0 Å². The number of benzene rings is 1. The van der Waals surface area contributed by atoms with Crippen LogP contribution in [0, 0.1) is 11.3 Å². The Kier molecular flexibility index (Phi) is 4.83. The highest BCUT2D eigenvalue weighted by Gasteiger charge is 2.19. The Morgan fingerprint density at radius 3 is 2.75 bits per heavy atom. The molecule has 0 aromatic heterocycles. The highest BCUT2D eigenvalue weighted by atomic mass is 35.5. The minimum absolute atomic E-state index is 0.0676. The van der Waals surface area contributed by atoms with E-state index >= 15 is 0 Å². The van der Waals surface area contributed by atoms with Crippen molar-refractivity contribution in [2.75, 3.05) is 39.8 Å². The third-order valence-electron chi connectivity index (χ3n) is 3.29. The van der Waals surface area contributed by atoms with Gasteiger partial charge in [-0.2, -0.15) is 5.26 Å². The van der Waals surface area contributed by atoms with Gasteiger partial charge in [-0.25, -0.2) is 0 Å². The Balaban J connectivity index is 1.94. The van der Waals surface area contributed by atoms with Gasteiger partial charge in [0.15, 0.2) is 6.61 Å². The molecule has 5 nitrogen and oxygen atoms in total. The van der Waals surface area contributed by atoms with Crippen molar-refractivity contribution in [1.82, 2.24) is 9.80 Å². The lowest BCUT2D eigenvalue weighted by atomic mass is 10.2. The van der Waals surface area contributed by atoms with Crippen molar-refractivity contribution in [3.63, 3.8) is 0 Å². The van der Waals surface area contributed by atoms with Crippen molar-refractivity contribution in [2.24, 2.45) is 0 Å². The molecular formula is C14H16ClN3O2. The number of piperazine rings is 1. The number of carbonyl (C=O) groups is 1. The Morgan fingerprint density at radius 2 is 2.10 bits per heavy atom. The van der Waals surface area contributed by atoms with Gasteiger partial charge in [-0.1, -0.05) is 17.7 Å². The minimum atomic E-state index is -0.0707. The van der Waals surface area contributed by atoms with Crippen LogP contribution in [0.1, 0.15) is 5.56 Å². The molecule has 1 aliphatic rings. The molecule has 1 amide bonds. The highest BCUT2D eigenvalue weighted by molar-refractivity contribution is 6.31. The van der Waals surface area contributed by atoms with Crippen molar-refractivity contribution >= 4 is 17.5 Å². The van der Waals surface area contributed by atoms with Gasteiger partial charge in [-0.15, -0.1) is 0 Å². The van der Waals surface area contributed by atoms with E-state index in [1.807, 2.05) is 13.1 Å². The molecule has 0 unspecified atom stereocenters. The molecule has 0 bridgehead atoms. The van der Waals surface area contributed by atoms with Crippen LogP contribution in [0.25, 0.3) is 0 Å². The van der Waals surface area contributed by atoms with Crippen LogP contribution in [-0.4, -0.2) is 55.5 Å². The standard InChI is InChI=1S/C14H16ClN3O2/c1-17-5-7-18(8-6-17)14(19)10-20-13-4-2-3-12(15)11(13)9-16/h2-4H,5-8,10H2,1H3. The van der Waals surface area contributed by atoms with Gasteiger partial charge < -0.3 is 14.5 Å². The second-order valence-electron chi connectivity index (χ2n) is 4.70. The molecule has 1 aromatic rings. The van der Waals surface area contributed by atoms with Crippen LogP contribution in [0.15, 0.2) is 18.2 Å². The largest absolute Gasteiger partial charge is 0.482 e. The average molecular weight is 294 g/mol. The van der Waals surface area contributed by atoms with Crippen LogP contribution in [-0.2, 0) is 4.79 Å². The maximum absolute atomic E-state index is 12.0. The fourth-order valence-corrected chi connectivity index (χ4v) is 2.23. The summed E-state index contributed by atoms with van der Waals surface area (Å²) in [4.78, 5) is 16.0. The van der Waals surface area contributed by atoms with Crippen molar-refractivity contribution < 1.29 is 9.53 Å². The van der Waals surface area contributed by atoms with E-state index in [9.17, 15) is 4.79 Å². The van der Waals surface area contributed by atoms with Crippen molar-refractivity contribution in [3.8, 4) is 11.8 Å². The number of nitrogens with zero attached hydrogens (tertiary/aromatic N) is 3. The number of rotatable bonds is 3. The number of carbonyl (C=O) groups excluding carboxylic acids is 1. The molecule has 0 spiro atoms. The summed E-state index contributed by atoms with van der Waals surface area (Å²) in [6.07, 6.45) is 0. The first kappa shape index (κ1) is 14.6. The summed E-state index contributed by atoms with van der Waals surface area (Å²) in [5.41, 5.74) is 0.264. The molecule has 0 N–H and O–H groups in total. The fraction of sp³-hybridized carbons (Fsp3) is 0.429. The van der Waals surface area contributed by atoms with E-state index in [-0.39, 0.29) is 18.1 Å². The van der Waals surface area contributed by atoms with Crippen molar-refractivity contribution in [3.05, 3.63) is 28.8 Å². The van der Waals surface area contributed by atoms with Crippen molar-refractivity contribution in [2.45, 2.75) is 0 Å². The van der Waals surface area contributed by atoms with E-state index in [0.29, 0.717) is 23.9 Å². The van der Waals surface area contributed by atoms with E-state index in [1.54, 1.807) is 23.1 Å². The van der Waals surface area contributed by atoms with Crippen LogP contribution < -0.4 is 4.74 Å². The van der Waals surface area contributed by atoms with Crippen LogP contribution in [0.2, 0.25) is 5.02 Å². The predicted octanol–water partition coefficient (Wildman–Crippen LogP) is 1.36. The molecule has 106 valence electrons. The molecule has 0 saturated carbocycles. The van der Waals surface area contributed by atoms with E-state index in [2.05, 4.69) is 4.90 Å². The summed E-state index contributed by atoms with van der Waals surface area (Å²) in [5.74, 6) is 0.282. The third-order valence-corrected chi connectivity index (χ3v) is 3.61. The molecule has 1 saturated heterocycles. The third kappa shape index (κ3) is 3.41. The number of hydrogen-bond acceptors (Lipinski definition) is 4. The quantitative estimate of drug-likeness (QED) is 0.844. The van der Waals surface area contributed by atoms with E-state index in [1.165, 1.54) is 0 Å². The minimum Gasteiger partial charge on any atom is -0.482 e. The average Bonchev–Trinajstić information content (AvgIpc) is 2.45. The Bertz CT molecular complexity index is 534. The number of hydrogen-bond donors (Lipinski definition) is 0. The monoisotopic (exact) mass is 293 g/mol. The molecular weight excluding hydrogens is 278 g/mol. The zero-order valence-corrected chi connectivity index (χ0v) is 12.1. The molecule has 0 aliphatic carbocycles. The maximum atomic E-state index is 12.0. The lowest BCUT2D eigenvalue weighted by Gasteiger charge is -2.32. The summed E-state index contributed by atoms with van der Waals surface area (Å²) in [6.45, 7) is 3.08. The van der Waals surface area contributed by atoms with E-state index in [0.717, 1.165) is 13.1 Å². The Hall–Kier alpha value is -1.77. The SMILES string of the molecule is CN1CCN(C(=O)COc2cccc(Cl)c2C#N)CC1. The molecule has 6 heteroatoms. The summed E-state index contributed by atoms with van der Waals surface area (Å²) >= 11 is 5.91. The topological polar surface area (TPSA) is 56.6 Å². The van der Waals surface area contributed by atoms with Crippen molar-refractivity contribution in [1.29, 1.82) is 5.26 Å². The zero-order chi connectivity index (χ0) is 14.5. The van der Waals surface area contributed by atoms with Gasteiger partial charge in [0.25, 0.3) is 5.91 Å². The van der Waals surface area contributed by atoms with Gasteiger partial charge in [0, 0.05) is 26.2 Å². The van der Waals surface area contributed by atoms with Crippen LogP contribution in [0.5, 0.6) is 5.75 Å². The molecule has 1 aliphatic heterocycles. The molecule has 1 fully saturated rings. The van der Waals surface area contributed by atoms with Crippen LogP contribution >= 0.6 is 11.6 Å². The number of ether oxygens (including phenoxy) is 1. The molecule has 1 heterocycles. The first-order valence-electron chi connectivity index (χ1n) is 6.39. The number of likely N-dealkylation sites (N-methyl/N-ethyl adjacent to an activating group) is 1. The lowest BCUT2D eigenvalue weighted by Crippen LogP contribution is -2.48. The molecule has 2 rings (SSSR count). The molecule has 1 aromatic carbocycles.